The monoisotopic (exact) mass is 389 g/mol. The highest BCUT2D eigenvalue weighted by atomic mass is 16.7. The molecule has 0 heterocycles. The average Bonchev–Trinajstić information content (AvgIpc) is 2.71. The van der Waals surface area contributed by atoms with Crippen LogP contribution in [0.3, 0.4) is 0 Å². The van der Waals surface area contributed by atoms with E-state index >= 15 is 0 Å². The number of hydrogen-bond acceptors (Lipinski definition) is 5. The molecule has 0 aliphatic heterocycles. The summed E-state index contributed by atoms with van der Waals surface area (Å²) in [5.74, 6) is -2.26. The van der Waals surface area contributed by atoms with E-state index in [0.717, 1.165) is 24.3 Å². The number of amides is 1. The van der Waals surface area contributed by atoms with E-state index in [1.165, 1.54) is 30.5 Å². The first-order chi connectivity index (χ1) is 13.4. The molecule has 1 amide bonds. The zero-order valence-electron chi connectivity index (χ0n) is 16.2. The second-order valence-electron chi connectivity index (χ2n) is 6.58. The van der Waals surface area contributed by atoms with Crippen LogP contribution in [-0.4, -0.2) is 60.1 Å². The second-order valence-corrected chi connectivity index (χ2v) is 6.58. The predicted octanol–water partition coefficient (Wildman–Crippen LogP) is 2.40. The smallest absolute Gasteiger partial charge is 0.335 e. The van der Waals surface area contributed by atoms with Crippen molar-refractivity contribution in [3.8, 4) is 0 Å². The Bertz CT molecular complexity index is 793. The van der Waals surface area contributed by atoms with Gasteiger partial charge >= 0.3 is 5.97 Å². The van der Waals surface area contributed by atoms with E-state index < -0.39 is 24.1 Å². The van der Waals surface area contributed by atoms with Gasteiger partial charge in [0, 0.05) is 13.7 Å². The van der Waals surface area contributed by atoms with Gasteiger partial charge in [-0.3, -0.25) is 9.63 Å². The van der Waals surface area contributed by atoms with Crippen molar-refractivity contribution in [1.29, 1.82) is 0 Å². The summed E-state index contributed by atoms with van der Waals surface area (Å²) < 4.78 is 5.36. The number of nitrogens with zero attached hydrogens (tertiary/aromatic N) is 1. The summed E-state index contributed by atoms with van der Waals surface area (Å²) in [6.07, 6.45) is -0.0557. The van der Waals surface area contributed by atoms with E-state index in [0.29, 0.717) is 6.42 Å². The highest BCUT2D eigenvalue weighted by Crippen LogP contribution is 2.17. The standard InChI is InChI=1S/C21H27NO6/c1-22(27-2)20(24)19(18(23)21(25)26)28-13-7-3-4-8-15-11-12-16-9-5-6-10-17(16)14-15/h5-6,9-12,14,18-19,23H,3-4,7-8,13H2,1-2H3,(H,25,26)/t18-,19-/m1/s1. The molecule has 2 atom stereocenters. The number of hydrogen-bond donors (Lipinski definition) is 2. The van der Waals surface area contributed by atoms with Gasteiger partial charge < -0.3 is 14.9 Å². The number of carboxylic acids is 1. The molecule has 0 spiro atoms. The number of aliphatic hydroxyl groups is 1. The van der Waals surface area contributed by atoms with Crippen molar-refractivity contribution in [2.45, 2.75) is 37.9 Å². The summed E-state index contributed by atoms with van der Waals surface area (Å²) in [5.41, 5.74) is 1.26. The van der Waals surface area contributed by atoms with Gasteiger partial charge in [0.25, 0.3) is 5.91 Å². The topological polar surface area (TPSA) is 96.3 Å². The molecule has 0 aliphatic rings. The lowest BCUT2D eigenvalue weighted by Crippen LogP contribution is -2.47. The first kappa shape index (κ1) is 21.8. The van der Waals surface area contributed by atoms with Crippen LogP contribution in [0.15, 0.2) is 42.5 Å². The summed E-state index contributed by atoms with van der Waals surface area (Å²) in [5, 5.41) is 21.9. The lowest BCUT2D eigenvalue weighted by molar-refractivity contribution is -0.191. The Hall–Kier alpha value is -2.48. The molecule has 28 heavy (non-hydrogen) atoms. The number of rotatable bonds is 11. The molecule has 0 bridgehead atoms. The van der Waals surface area contributed by atoms with E-state index in [9.17, 15) is 14.7 Å². The number of likely N-dealkylation sites (N-methyl/N-ethyl adjacent to an activating group) is 1. The minimum Gasteiger partial charge on any atom is -0.479 e. The van der Waals surface area contributed by atoms with Crippen LogP contribution in [0.25, 0.3) is 10.8 Å². The van der Waals surface area contributed by atoms with Gasteiger partial charge in [-0.05, 0) is 35.6 Å². The van der Waals surface area contributed by atoms with Crippen molar-refractivity contribution in [3.05, 3.63) is 48.0 Å². The summed E-state index contributed by atoms with van der Waals surface area (Å²) in [7, 11) is 2.60. The third-order valence-electron chi connectivity index (χ3n) is 4.59. The molecule has 0 saturated heterocycles. The fourth-order valence-corrected chi connectivity index (χ4v) is 2.91. The number of aliphatic hydroxyl groups excluding tert-OH is 1. The lowest BCUT2D eigenvalue weighted by Gasteiger charge is -2.23. The number of aliphatic carboxylic acids is 1. The Morgan fingerprint density at radius 1 is 1.07 bits per heavy atom. The molecule has 0 saturated carbocycles. The molecule has 7 heteroatoms. The number of carboxylic acid groups (broad SMARTS) is 1. The Morgan fingerprint density at radius 2 is 1.79 bits per heavy atom. The average molecular weight is 389 g/mol. The van der Waals surface area contributed by atoms with E-state index in [2.05, 4.69) is 30.3 Å². The van der Waals surface area contributed by atoms with E-state index in [1.807, 2.05) is 12.1 Å². The Balaban J connectivity index is 1.77. The normalized spacial score (nSPS) is 13.2. The number of carbonyl (C=O) groups is 2. The van der Waals surface area contributed by atoms with Gasteiger partial charge in [0.05, 0.1) is 7.11 Å². The first-order valence-electron chi connectivity index (χ1n) is 9.26. The lowest BCUT2D eigenvalue weighted by atomic mass is 10.0. The molecule has 0 fully saturated rings. The third-order valence-corrected chi connectivity index (χ3v) is 4.59. The fourth-order valence-electron chi connectivity index (χ4n) is 2.91. The van der Waals surface area contributed by atoms with E-state index in [-0.39, 0.29) is 6.61 Å². The Morgan fingerprint density at radius 3 is 2.46 bits per heavy atom. The van der Waals surface area contributed by atoms with Gasteiger partial charge in [0.2, 0.25) is 0 Å². The number of aryl methyl sites for hydroxylation is 1. The summed E-state index contributed by atoms with van der Waals surface area (Å²) in [4.78, 5) is 27.8. The Labute approximate surface area is 164 Å². The summed E-state index contributed by atoms with van der Waals surface area (Å²) >= 11 is 0. The van der Waals surface area contributed by atoms with Crippen molar-refractivity contribution in [2.24, 2.45) is 0 Å². The largest absolute Gasteiger partial charge is 0.479 e. The van der Waals surface area contributed by atoms with Crippen LogP contribution < -0.4 is 0 Å². The van der Waals surface area contributed by atoms with Gasteiger partial charge in [-0.2, -0.15) is 0 Å². The van der Waals surface area contributed by atoms with Crippen LogP contribution in [-0.2, 0) is 25.6 Å². The van der Waals surface area contributed by atoms with Crippen LogP contribution >= 0.6 is 0 Å². The maximum atomic E-state index is 12.1. The van der Waals surface area contributed by atoms with Crippen LogP contribution in [0, 0.1) is 0 Å². The molecular weight excluding hydrogens is 362 g/mol. The number of unbranched alkanes of at least 4 members (excludes halogenated alkanes) is 2. The third kappa shape index (κ3) is 6.02. The van der Waals surface area contributed by atoms with Gasteiger partial charge in [-0.1, -0.05) is 48.9 Å². The highest BCUT2D eigenvalue weighted by Gasteiger charge is 2.35. The molecule has 2 N–H and O–H groups in total. The maximum absolute atomic E-state index is 12.1. The van der Waals surface area contributed by atoms with Crippen molar-refractivity contribution in [3.63, 3.8) is 0 Å². The van der Waals surface area contributed by atoms with Crippen LogP contribution in [0.4, 0.5) is 0 Å². The van der Waals surface area contributed by atoms with Crippen molar-refractivity contribution in [1.82, 2.24) is 5.06 Å². The number of fused-ring (bicyclic) bond motifs is 1. The van der Waals surface area contributed by atoms with Gasteiger partial charge in [0.1, 0.15) is 0 Å². The van der Waals surface area contributed by atoms with Crippen LogP contribution in [0.1, 0.15) is 24.8 Å². The quantitative estimate of drug-likeness (QED) is 0.453. The van der Waals surface area contributed by atoms with Gasteiger partial charge in [-0.15, -0.1) is 0 Å². The molecule has 0 aromatic heterocycles. The van der Waals surface area contributed by atoms with Crippen LogP contribution in [0.5, 0.6) is 0 Å². The predicted molar refractivity (Wildman–Crippen MR) is 105 cm³/mol. The molecule has 2 aromatic carbocycles. The molecule has 7 nitrogen and oxygen atoms in total. The van der Waals surface area contributed by atoms with Crippen molar-refractivity contribution in [2.75, 3.05) is 20.8 Å². The summed E-state index contributed by atoms with van der Waals surface area (Å²) in [6, 6.07) is 14.6. The minimum atomic E-state index is -1.94. The molecule has 152 valence electrons. The molecule has 2 rings (SSSR count). The molecule has 0 radical (unpaired) electrons. The van der Waals surface area contributed by atoms with E-state index in [4.69, 9.17) is 14.7 Å². The zero-order valence-corrected chi connectivity index (χ0v) is 16.2. The second kappa shape index (κ2) is 10.8. The number of hydroxylamine groups is 2. The van der Waals surface area contributed by atoms with Crippen molar-refractivity contribution < 1.29 is 29.4 Å². The van der Waals surface area contributed by atoms with Gasteiger partial charge in [-0.25, -0.2) is 9.86 Å². The van der Waals surface area contributed by atoms with Crippen LogP contribution in [0.2, 0.25) is 0 Å². The van der Waals surface area contributed by atoms with E-state index in [1.54, 1.807) is 0 Å². The molecule has 2 aromatic rings. The zero-order chi connectivity index (χ0) is 20.5. The molecular formula is C21H27NO6. The fraction of sp³-hybridized carbons (Fsp3) is 0.429. The summed E-state index contributed by atoms with van der Waals surface area (Å²) in [6.45, 7) is 0.177. The SMILES string of the molecule is CON(C)C(=O)[C@H](OCCCCCc1ccc2ccccc2c1)[C@@H](O)C(=O)O. The molecule has 0 unspecified atom stereocenters. The van der Waals surface area contributed by atoms with Crippen molar-refractivity contribution >= 4 is 22.6 Å². The molecule has 0 aliphatic carbocycles. The highest BCUT2D eigenvalue weighted by molar-refractivity contribution is 5.87. The number of carbonyl (C=O) groups excluding carboxylic acids is 1. The number of ether oxygens (including phenoxy) is 1. The Kier molecular flexibility index (Phi) is 8.38. The number of benzene rings is 2. The van der Waals surface area contributed by atoms with Gasteiger partial charge in [0.15, 0.2) is 12.2 Å². The minimum absolute atomic E-state index is 0.177. The maximum Gasteiger partial charge on any atom is 0.335 e. The first-order valence-corrected chi connectivity index (χ1v) is 9.26.